The first-order valence-corrected chi connectivity index (χ1v) is 11.0. The van der Waals surface area contributed by atoms with Crippen LogP contribution in [0.3, 0.4) is 0 Å². The van der Waals surface area contributed by atoms with E-state index in [-0.39, 0.29) is 4.91 Å². The van der Waals surface area contributed by atoms with Crippen molar-refractivity contribution >= 4 is 27.2 Å². The number of amides is 1. The molecule has 0 fully saturated rings. The molecule has 3 aromatic rings. The van der Waals surface area contributed by atoms with Gasteiger partial charge in [-0.2, -0.15) is 0 Å². The third-order valence-electron chi connectivity index (χ3n) is 5.22. The quantitative estimate of drug-likeness (QED) is 0.646. The number of rotatable bonds is 4. The molecule has 0 bridgehead atoms. The Morgan fingerprint density at radius 2 is 1.43 bits per heavy atom. The summed E-state index contributed by atoms with van der Waals surface area (Å²) >= 11 is 0. The summed E-state index contributed by atoms with van der Waals surface area (Å²) in [6.45, 7) is 0.312. The second kappa shape index (κ2) is 7.80. The first kappa shape index (κ1) is 19.9. The Hall–Kier alpha value is -3.38. The van der Waals surface area contributed by atoms with Crippen LogP contribution in [0.15, 0.2) is 89.8 Å². The third kappa shape index (κ3) is 3.39. The maximum atomic E-state index is 13.5. The molecule has 0 radical (unpaired) electrons. The predicted octanol–water partition coefficient (Wildman–Crippen LogP) is 3.88. The molecule has 0 aliphatic carbocycles. The molecule has 0 unspecified atom stereocenters. The number of carbonyl (C=O) groups is 1. The molecule has 0 spiro atoms. The Bertz CT molecular complexity index is 1220. The maximum absolute atomic E-state index is 13.5. The molecule has 3 aromatic carbocycles. The lowest BCUT2D eigenvalue weighted by Crippen LogP contribution is -2.40. The zero-order valence-electron chi connectivity index (χ0n) is 16.8. The van der Waals surface area contributed by atoms with E-state index in [1.165, 1.54) is 16.3 Å². The molecule has 4 rings (SSSR count). The largest absolute Gasteiger partial charge is 0.337 e. The van der Waals surface area contributed by atoms with Gasteiger partial charge in [-0.05, 0) is 17.2 Å². The van der Waals surface area contributed by atoms with Gasteiger partial charge in [0.05, 0.1) is 5.69 Å². The van der Waals surface area contributed by atoms with E-state index in [0.29, 0.717) is 23.4 Å². The van der Waals surface area contributed by atoms with Gasteiger partial charge in [-0.25, -0.2) is 8.42 Å². The van der Waals surface area contributed by atoms with Gasteiger partial charge >= 0.3 is 0 Å². The van der Waals surface area contributed by atoms with Gasteiger partial charge in [-0.3, -0.25) is 9.10 Å². The monoisotopic (exact) mass is 418 g/mol. The molecule has 0 saturated carbocycles. The van der Waals surface area contributed by atoms with Gasteiger partial charge in [0.25, 0.3) is 15.9 Å². The minimum Gasteiger partial charge on any atom is -0.337 e. The molecule has 1 aliphatic rings. The van der Waals surface area contributed by atoms with Crippen LogP contribution in [0.5, 0.6) is 0 Å². The van der Waals surface area contributed by atoms with E-state index in [1.807, 2.05) is 72.8 Å². The minimum atomic E-state index is -4.03. The van der Waals surface area contributed by atoms with Crippen molar-refractivity contribution in [2.45, 2.75) is 6.54 Å². The molecule has 0 N–H and O–H groups in total. The Labute approximate surface area is 176 Å². The summed E-state index contributed by atoms with van der Waals surface area (Å²) in [4.78, 5) is 14.8. The summed E-state index contributed by atoms with van der Waals surface area (Å²) in [5, 5.41) is 0. The molecule has 1 heterocycles. The summed E-state index contributed by atoms with van der Waals surface area (Å²) in [6.07, 6.45) is 0. The number of carbonyl (C=O) groups excluding carboxylic acids is 1. The van der Waals surface area contributed by atoms with E-state index in [1.54, 1.807) is 19.2 Å². The van der Waals surface area contributed by atoms with Crippen molar-refractivity contribution in [3.8, 4) is 0 Å². The number of hydrogen-bond donors (Lipinski definition) is 0. The van der Waals surface area contributed by atoms with Crippen LogP contribution in [0.2, 0.25) is 0 Å². The molecule has 1 amide bonds. The highest BCUT2D eigenvalue weighted by molar-refractivity contribution is 7.97. The average molecular weight is 419 g/mol. The number of nitrogens with zero attached hydrogens (tertiary/aromatic N) is 2. The fourth-order valence-corrected chi connectivity index (χ4v) is 5.24. The van der Waals surface area contributed by atoms with Crippen molar-refractivity contribution < 1.29 is 13.2 Å². The van der Waals surface area contributed by atoms with Crippen molar-refractivity contribution in [2.75, 3.05) is 18.4 Å². The van der Waals surface area contributed by atoms with Crippen LogP contribution >= 0.6 is 0 Å². The standard InChI is InChI=1S/C24H22N2O3S/c1-25(17-18-11-5-3-6-12-18)24(27)23-22(19-13-7-4-8-14-19)20-15-9-10-16-21(20)26(2)30(23,28)29/h3-16H,17H2,1-2H3. The lowest BCUT2D eigenvalue weighted by Gasteiger charge is -2.32. The van der Waals surface area contributed by atoms with Gasteiger partial charge in [0.15, 0.2) is 4.91 Å². The number of likely N-dealkylation sites (N-methyl/N-ethyl adjacent to an activating group) is 1. The highest BCUT2D eigenvalue weighted by Gasteiger charge is 2.40. The molecule has 152 valence electrons. The topological polar surface area (TPSA) is 57.7 Å². The van der Waals surface area contributed by atoms with Gasteiger partial charge in [0.1, 0.15) is 0 Å². The van der Waals surface area contributed by atoms with Gasteiger partial charge in [-0.15, -0.1) is 0 Å². The smallest absolute Gasteiger partial charge is 0.270 e. The molecule has 1 aliphatic heterocycles. The van der Waals surface area contributed by atoms with Crippen LogP contribution in [0.1, 0.15) is 16.7 Å². The number of anilines is 1. The van der Waals surface area contributed by atoms with Crippen molar-refractivity contribution in [1.82, 2.24) is 4.90 Å². The Balaban J connectivity index is 1.92. The second-order valence-electron chi connectivity index (χ2n) is 7.21. The number of fused-ring (bicyclic) bond motifs is 1. The van der Waals surface area contributed by atoms with Crippen molar-refractivity contribution in [3.63, 3.8) is 0 Å². The lowest BCUT2D eigenvalue weighted by molar-refractivity contribution is -0.125. The number of benzene rings is 3. The maximum Gasteiger partial charge on any atom is 0.270 e. The average Bonchev–Trinajstić information content (AvgIpc) is 2.77. The van der Waals surface area contributed by atoms with Crippen molar-refractivity contribution in [2.24, 2.45) is 0 Å². The summed E-state index contributed by atoms with van der Waals surface area (Å²) < 4.78 is 28.1. The van der Waals surface area contributed by atoms with E-state index < -0.39 is 15.9 Å². The first-order chi connectivity index (χ1) is 14.4. The molecule has 30 heavy (non-hydrogen) atoms. The highest BCUT2D eigenvalue weighted by Crippen LogP contribution is 2.42. The zero-order chi connectivity index (χ0) is 21.3. The minimum absolute atomic E-state index is 0.201. The van der Waals surface area contributed by atoms with E-state index in [0.717, 1.165) is 11.1 Å². The first-order valence-electron chi connectivity index (χ1n) is 9.58. The molecule has 0 aromatic heterocycles. The van der Waals surface area contributed by atoms with Crippen LogP contribution in [0.4, 0.5) is 5.69 Å². The van der Waals surface area contributed by atoms with Crippen LogP contribution in [-0.4, -0.2) is 33.3 Å². The van der Waals surface area contributed by atoms with Gasteiger partial charge in [0, 0.05) is 31.8 Å². The third-order valence-corrected chi connectivity index (χ3v) is 7.04. The summed E-state index contributed by atoms with van der Waals surface area (Å²) in [5.41, 5.74) is 3.33. The van der Waals surface area contributed by atoms with Gasteiger partial charge in [0.2, 0.25) is 0 Å². The van der Waals surface area contributed by atoms with Crippen molar-refractivity contribution in [1.29, 1.82) is 0 Å². The predicted molar refractivity (Wildman–Crippen MR) is 119 cm³/mol. The Kier molecular flexibility index (Phi) is 5.18. The van der Waals surface area contributed by atoms with E-state index in [2.05, 4.69) is 0 Å². The van der Waals surface area contributed by atoms with E-state index in [4.69, 9.17) is 0 Å². The van der Waals surface area contributed by atoms with Crippen molar-refractivity contribution in [3.05, 3.63) is 107 Å². The molecular weight excluding hydrogens is 396 g/mol. The van der Waals surface area contributed by atoms with Gasteiger partial charge < -0.3 is 4.90 Å². The summed E-state index contributed by atoms with van der Waals surface area (Å²) in [6, 6.07) is 26.0. The molecule has 0 saturated heterocycles. The van der Waals surface area contributed by atoms with Gasteiger partial charge in [-0.1, -0.05) is 78.9 Å². The zero-order valence-corrected chi connectivity index (χ0v) is 17.6. The molecular formula is C24H22N2O3S. The summed E-state index contributed by atoms with van der Waals surface area (Å²) in [5.74, 6) is -0.529. The van der Waals surface area contributed by atoms with E-state index >= 15 is 0 Å². The summed E-state index contributed by atoms with van der Waals surface area (Å²) in [7, 11) is -0.915. The SMILES string of the molecule is CN(Cc1ccccc1)C(=O)C1=C(c2ccccc2)c2ccccc2N(C)S1(=O)=O. The van der Waals surface area contributed by atoms with Crippen LogP contribution in [-0.2, 0) is 21.4 Å². The van der Waals surface area contributed by atoms with Crippen LogP contribution < -0.4 is 4.31 Å². The fraction of sp³-hybridized carbons (Fsp3) is 0.125. The highest BCUT2D eigenvalue weighted by atomic mass is 32.2. The van der Waals surface area contributed by atoms with E-state index in [9.17, 15) is 13.2 Å². The number of sulfonamides is 1. The fourth-order valence-electron chi connectivity index (χ4n) is 3.69. The van der Waals surface area contributed by atoms with Crippen LogP contribution in [0, 0.1) is 0 Å². The Morgan fingerprint density at radius 3 is 2.10 bits per heavy atom. The second-order valence-corrected chi connectivity index (χ2v) is 9.11. The number of para-hydroxylation sites is 1. The Morgan fingerprint density at radius 1 is 0.867 bits per heavy atom. The van der Waals surface area contributed by atoms with Crippen LogP contribution in [0.25, 0.3) is 5.57 Å². The lowest BCUT2D eigenvalue weighted by atomic mass is 9.95. The molecule has 6 heteroatoms. The number of hydrogen-bond acceptors (Lipinski definition) is 3. The molecule has 0 atom stereocenters. The normalized spacial score (nSPS) is 14.9. The molecule has 5 nitrogen and oxygen atoms in total.